The van der Waals surface area contributed by atoms with E-state index in [0.29, 0.717) is 0 Å². The minimum absolute atomic E-state index is 0. The van der Waals surface area contributed by atoms with Gasteiger partial charge in [0.1, 0.15) is 0 Å². The van der Waals surface area contributed by atoms with Crippen LogP contribution in [0.4, 0.5) is 0 Å². The molecule has 0 atom stereocenters. The van der Waals surface area contributed by atoms with E-state index in [-0.39, 0.29) is 36.2 Å². The Morgan fingerprint density at radius 1 is 1.25 bits per heavy atom. The third kappa shape index (κ3) is 9.43. The fourth-order valence-corrected chi connectivity index (χ4v) is 0. The molecule has 4 heteroatoms. The quantitative estimate of drug-likeness (QED) is 0.387. The summed E-state index contributed by atoms with van der Waals surface area (Å²) in [4.78, 5) is 0. The third-order valence-corrected chi connectivity index (χ3v) is 0. The van der Waals surface area contributed by atoms with Gasteiger partial charge >= 0.3 is 42.6 Å². The van der Waals surface area contributed by atoms with Gasteiger partial charge in [-0.05, 0) is 0 Å². The molecule has 0 fully saturated rings. The molecule has 4 heavy (non-hydrogen) atoms. The second-order valence-electron chi connectivity index (χ2n) is 0. The molecule has 0 unspecified atom stereocenters. The van der Waals surface area contributed by atoms with E-state index in [2.05, 4.69) is 0 Å². The molecule has 0 rings (SSSR count). The second-order valence-corrected chi connectivity index (χ2v) is 0. The summed E-state index contributed by atoms with van der Waals surface area (Å²) in [5, 5.41) is 0. The first-order valence-electron chi connectivity index (χ1n) is 0.204. The topological polar surface area (TPSA) is 17.1 Å². The van der Waals surface area contributed by atoms with Crippen molar-refractivity contribution in [3.05, 3.63) is 0 Å². The van der Waals surface area contributed by atoms with Crippen LogP contribution >= 0.6 is 0 Å². The van der Waals surface area contributed by atoms with E-state index in [9.17, 15) is 0 Å². The number of hydrogen-bond acceptors (Lipinski definition) is 1. The fraction of sp³-hybridized carbons (Fsp3) is 0. The van der Waals surface area contributed by atoms with Gasteiger partial charge in [-0.15, -0.1) is 0 Å². The summed E-state index contributed by atoms with van der Waals surface area (Å²) in [7, 11) is 0. The van der Waals surface area contributed by atoms with Crippen LogP contribution in [0.1, 0.15) is 0 Å². The maximum absolute atomic E-state index is 8.25. The molecule has 0 saturated carbocycles. The monoisotopic (exact) mass is 124 g/mol. The van der Waals surface area contributed by atoms with E-state index in [1.165, 1.54) is 0 Å². The SMILES string of the molecule is [Cr].[LiH].[O]=[Ti]. The van der Waals surface area contributed by atoms with Crippen molar-refractivity contribution in [3.8, 4) is 0 Å². The molecular weight excluding hydrogens is 123 g/mol. The van der Waals surface area contributed by atoms with Gasteiger partial charge < -0.3 is 0 Å². The molecule has 0 aromatic rings. The van der Waals surface area contributed by atoms with Gasteiger partial charge in [0.15, 0.2) is 0 Å². The van der Waals surface area contributed by atoms with Crippen molar-refractivity contribution in [3.63, 3.8) is 0 Å². The Morgan fingerprint density at radius 3 is 1.25 bits per heavy atom. The molecule has 0 N–H and O–H groups in total. The predicted octanol–water partition coefficient (Wildman–Crippen LogP) is -0.772. The summed E-state index contributed by atoms with van der Waals surface area (Å²) in [5.41, 5.74) is 0. The van der Waals surface area contributed by atoms with Crippen LogP contribution < -0.4 is 0 Å². The van der Waals surface area contributed by atoms with Gasteiger partial charge in [0, 0.05) is 17.4 Å². The van der Waals surface area contributed by atoms with E-state index in [0.717, 1.165) is 20.4 Å². The molecule has 0 aliphatic carbocycles. The van der Waals surface area contributed by atoms with Gasteiger partial charge in [-0.3, -0.25) is 0 Å². The van der Waals surface area contributed by atoms with Gasteiger partial charge in [-0.1, -0.05) is 0 Å². The van der Waals surface area contributed by atoms with Crippen LogP contribution in [0, 0.1) is 0 Å². The Bertz CT molecular complexity index is 8.00. The van der Waals surface area contributed by atoms with E-state index >= 15 is 0 Å². The van der Waals surface area contributed by atoms with Crippen LogP contribution in [-0.2, 0) is 41.1 Å². The van der Waals surface area contributed by atoms with Crippen LogP contribution in [0.2, 0.25) is 0 Å². The first-order valence-corrected chi connectivity index (χ1v) is 0.842. The normalized spacial score (nSPS) is 0.750. The minimum atomic E-state index is 0. The Hall–Kier alpha value is 1.64. The molecular formula is HCrLiOTi. The van der Waals surface area contributed by atoms with Gasteiger partial charge in [-0.2, -0.15) is 0 Å². The molecule has 0 saturated heterocycles. The second kappa shape index (κ2) is 22.8. The Balaban J connectivity index is -0.00000000500. The molecule has 0 radical (unpaired) electrons. The van der Waals surface area contributed by atoms with Gasteiger partial charge in [0.05, 0.1) is 0 Å². The first kappa shape index (κ1) is 17.4. The zero-order valence-corrected chi connectivity index (χ0v) is 4.15. The maximum atomic E-state index is 8.25. The van der Waals surface area contributed by atoms with Gasteiger partial charge in [-0.25, -0.2) is 0 Å². The van der Waals surface area contributed by atoms with E-state index in [4.69, 9.17) is 3.32 Å². The standard InChI is InChI=1S/Cr.Li.O.Ti.H. The van der Waals surface area contributed by atoms with Gasteiger partial charge in [0.2, 0.25) is 0 Å². The van der Waals surface area contributed by atoms with E-state index < -0.39 is 0 Å². The summed E-state index contributed by atoms with van der Waals surface area (Å²) >= 11 is 0.750. The van der Waals surface area contributed by atoms with Crippen molar-refractivity contribution < 1.29 is 41.1 Å². The summed E-state index contributed by atoms with van der Waals surface area (Å²) < 4.78 is 8.25. The molecule has 0 aromatic carbocycles. The summed E-state index contributed by atoms with van der Waals surface area (Å²) in [6, 6.07) is 0. The summed E-state index contributed by atoms with van der Waals surface area (Å²) in [6.07, 6.45) is 0. The number of hydrogen-bond donors (Lipinski definition) is 0. The average Bonchev–Trinajstić information content (AvgIpc) is 1.00. The summed E-state index contributed by atoms with van der Waals surface area (Å²) in [6.45, 7) is 0. The van der Waals surface area contributed by atoms with Crippen LogP contribution in [0.5, 0.6) is 0 Å². The molecule has 0 heterocycles. The Kier molecular flexibility index (Phi) is 99.3. The van der Waals surface area contributed by atoms with Crippen molar-refractivity contribution in [2.75, 3.05) is 0 Å². The fourth-order valence-electron chi connectivity index (χ4n) is 0. The molecule has 0 bridgehead atoms. The molecule has 0 spiro atoms. The zero-order chi connectivity index (χ0) is 2.00. The van der Waals surface area contributed by atoms with Crippen molar-refractivity contribution >= 4 is 18.9 Å². The molecule has 1 nitrogen and oxygen atoms in total. The van der Waals surface area contributed by atoms with E-state index in [1.807, 2.05) is 0 Å². The number of rotatable bonds is 0. The predicted molar refractivity (Wildman–Crippen MR) is 7.84 cm³/mol. The average molecular weight is 124 g/mol. The molecule has 18 valence electrons. The van der Waals surface area contributed by atoms with E-state index in [1.54, 1.807) is 0 Å². The van der Waals surface area contributed by atoms with Crippen LogP contribution in [0.25, 0.3) is 0 Å². The molecule has 0 amide bonds. The molecule has 0 aliphatic heterocycles. The first-order chi connectivity index (χ1) is 1.00. The van der Waals surface area contributed by atoms with Gasteiger partial charge in [0.25, 0.3) is 0 Å². The third-order valence-electron chi connectivity index (χ3n) is 0. The molecule has 0 aliphatic rings. The summed E-state index contributed by atoms with van der Waals surface area (Å²) in [5.74, 6) is 0. The van der Waals surface area contributed by atoms with Crippen molar-refractivity contribution in [1.29, 1.82) is 0 Å². The zero-order valence-electron chi connectivity index (χ0n) is 1.32. The van der Waals surface area contributed by atoms with Crippen LogP contribution in [0.3, 0.4) is 0 Å². The van der Waals surface area contributed by atoms with Crippen molar-refractivity contribution in [2.45, 2.75) is 0 Å². The Labute approximate surface area is 59.6 Å². The Morgan fingerprint density at radius 2 is 1.25 bits per heavy atom. The van der Waals surface area contributed by atoms with Crippen LogP contribution in [0.15, 0.2) is 0 Å². The van der Waals surface area contributed by atoms with Crippen molar-refractivity contribution in [1.82, 2.24) is 0 Å². The molecule has 0 aromatic heterocycles. The van der Waals surface area contributed by atoms with Crippen molar-refractivity contribution in [2.24, 2.45) is 0 Å². The van der Waals surface area contributed by atoms with Crippen LogP contribution in [-0.4, -0.2) is 18.9 Å².